The molecule has 0 unspecified atom stereocenters. The maximum absolute atomic E-state index is 12.4. The van der Waals surface area contributed by atoms with E-state index in [0.717, 1.165) is 50.7 Å². The molecule has 2 aliphatic rings. The Morgan fingerprint density at radius 2 is 1.83 bits per heavy atom. The van der Waals surface area contributed by atoms with Gasteiger partial charge in [0.1, 0.15) is 5.54 Å². The van der Waals surface area contributed by atoms with E-state index >= 15 is 0 Å². The van der Waals surface area contributed by atoms with Crippen molar-refractivity contribution in [3.05, 3.63) is 0 Å². The zero-order valence-electron chi connectivity index (χ0n) is 10.8. The first-order valence-electron chi connectivity index (χ1n) is 6.95. The quantitative estimate of drug-likeness (QED) is 0.458. The van der Waals surface area contributed by atoms with E-state index in [1.807, 2.05) is 0 Å². The molecule has 1 saturated carbocycles. The molecule has 18 heavy (non-hydrogen) atoms. The number of nitrogens with zero attached hydrogens (tertiary/aromatic N) is 1. The lowest BCUT2D eigenvalue weighted by Gasteiger charge is -2.30. The summed E-state index contributed by atoms with van der Waals surface area (Å²) in [5.41, 5.74) is -0.557. The summed E-state index contributed by atoms with van der Waals surface area (Å²) >= 11 is 4.16. The number of hydrogen-bond donors (Lipinski definition) is 2. The van der Waals surface area contributed by atoms with Crippen molar-refractivity contribution in [2.75, 3.05) is 12.3 Å². The van der Waals surface area contributed by atoms with Gasteiger partial charge in [0, 0.05) is 6.54 Å². The summed E-state index contributed by atoms with van der Waals surface area (Å²) in [5, 5.41) is 2.93. The molecular formula is C13H22N2O2S. The van der Waals surface area contributed by atoms with Crippen molar-refractivity contribution in [3.63, 3.8) is 0 Å². The third kappa shape index (κ3) is 2.66. The van der Waals surface area contributed by atoms with Crippen LogP contribution in [-0.2, 0) is 4.79 Å². The molecule has 1 aliphatic heterocycles. The lowest BCUT2D eigenvalue weighted by Crippen LogP contribution is -2.48. The van der Waals surface area contributed by atoms with Gasteiger partial charge in [-0.3, -0.25) is 9.69 Å². The number of imide groups is 1. The van der Waals surface area contributed by atoms with Crippen molar-refractivity contribution < 1.29 is 9.59 Å². The molecule has 0 atom stereocenters. The fourth-order valence-corrected chi connectivity index (χ4v) is 3.16. The molecule has 0 aromatic carbocycles. The average molecular weight is 270 g/mol. The molecule has 0 bridgehead atoms. The molecule has 1 N–H and O–H groups in total. The number of hydrogen-bond acceptors (Lipinski definition) is 3. The predicted octanol–water partition coefficient (Wildman–Crippen LogP) is 2.34. The van der Waals surface area contributed by atoms with Crippen LogP contribution in [0.3, 0.4) is 0 Å². The zero-order chi connectivity index (χ0) is 13.0. The number of thiol groups is 1. The molecule has 1 heterocycles. The number of carbonyl (C=O) groups is 2. The normalized spacial score (nSPS) is 22.6. The Balaban J connectivity index is 1.92. The number of unbranched alkanes of at least 4 members (excludes halogenated alkanes) is 2. The van der Waals surface area contributed by atoms with Gasteiger partial charge in [0.05, 0.1) is 0 Å². The Morgan fingerprint density at radius 3 is 2.50 bits per heavy atom. The van der Waals surface area contributed by atoms with Crippen LogP contribution in [0.25, 0.3) is 0 Å². The summed E-state index contributed by atoms with van der Waals surface area (Å²) in [6, 6.07) is -0.187. The predicted molar refractivity (Wildman–Crippen MR) is 73.8 cm³/mol. The number of nitrogens with one attached hydrogen (secondary N) is 1. The molecule has 1 saturated heterocycles. The van der Waals surface area contributed by atoms with Crippen LogP contribution in [0.4, 0.5) is 4.79 Å². The lowest BCUT2D eigenvalue weighted by molar-refractivity contribution is -0.132. The Labute approximate surface area is 114 Å². The molecule has 2 fully saturated rings. The topological polar surface area (TPSA) is 49.4 Å². The van der Waals surface area contributed by atoms with E-state index in [-0.39, 0.29) is 11.9 Å². The van der Waals surface area contributed by atoms with Crippen molar-refractivity contribution >= 4 is 24.6 Å². The minimum absolute atomic E-state index is 0.0121. The summed E-state index contributed by atoms with van der Waals surface area (Å²) in [4.78, 5) is 25.7. The SMILES string of the molecule is O=C1NC2(CCCCC2)C(=O)N1CCCCCS. The molecule has 0 aromatic heterocycles. The lowest BCUT2D eigenvalue weighted by atomic mass is 9.82. The highest BCUT2D eigenvalue weighted by atomic mass is 32.1. The fourth-order valence-electron chi connectivity index (χ4n) is 2.93. The van der Waals surface area contributed by atoms with Crippen molar-refractivity contribution in [1.29, 1.82) is 0 Å². The molecule has 0 aromatic rings. The van der Waals surface area contributed by atoms with Crippen molar-refractivity contribution in [1.82, 2.24) is 10.2 Å². The van der Waals surface area contributed by atoms with Crippen molar-refractivity contribution in [2.45, 2.75) is 56.9 Å². The molecule has 1 spiro atoms. The van der Waals surface area contributed by atoms with Crippen LogP contribution in [-0.4, -0.2) is 34.7 Å². The summed E-state index contributed by atoms with van der Waals surface area (Å²) < 4.78 is 0. The Morgan fingerprint density at radius 1 is 1.11 bits per heavy atom. The summed E-state index contributed by atoms with van der Waals surface area (Å²) in [6.07, 6.45) is 7.82. The molecule has 2 rings (SSSR count). The first kappa shape index (κ1) is 13.7. The molecule has 1 aliphatic carbocycles. The fraction of sp³-hybridized carbons (Fsp3) is 0.846. The highest BCUT2D eigenvalue weighted by Crippen LogP contribution is 2.33. The van der Waals surface area contributed by atoms with E-state index in [0.29, 0.717) is 6.54 Å². The maximum Gasteiger partial charge on any atom is 0.325 e. The first-order valence-corrected chi connectivity index (χ1v) is 7.58. The van der Waals surface area contributed by atoms with E-state index in [2.05, 4.69) is 17.9 Å². The van der Waals surface area contributed by atoms with Crippen molar-refractivity contribution in [3.8, 4) is 0 Å². The van der Waals surface area contributed by atoms with Crippen LogP contribution in [0.15, 0.2) is 0 Å². The second-order valence-corrected chi connectivity index (χ2v) is 5.76. The molecule has 5 heteroatoms. The smallest absolute Gasteiger partial charge is 0.323 e. The van der Waals surface area contributed by atoms with Crippen LogP contribution < -0.4 is 5.32 Å². The minimum Gasteiger partial charge on any atom is -0.323 e. The molecule has 4 nitrogen and oxygen atoms in total. The monoisotopic (exact) mass is 270 g/mol. The molecule has 0 radical (unpaired) electrons. The van der Waals surface area contributed by atoms with Gasteiger partial charge in [0.2, 0.25) is 0 Å². The minimum atomic E-state index is -0.557. The van der Waals surface area contributed by atoms with Gasteiger partial charge in [-0.1, -0.05) is 25.7 Å². The Kier molecular flexibility index (Phi) is 4.54. The van der Waals surface area contributed by atoms with Crippen LogP contribution in [0, 0.1) is 0 Å². The van der Waals surface area contributed by atoms with Gasteiger partial charge in [-0.25, -0.2) is 4.79 Å². The van der Waals surface area contributed by atoms with Gasteiger partial charge in [-0.05, 0) is 31.4 Å². The number of amides is 3. The zero-order valence-corrected chi connectivity index (χ0v) is 11.7. The van der Waals surface area contributed by atoms with Gasteiger partial charge in [0.15, 0.2) is 0 Å². The molecule has 102 valence electrons. The standard InChI is InChI=1S/C13H22N2O2S/c16-11-13(7-3-1-4-8-13)14-12(17)15(11)9-5-2-6-10-18/h18H,1-10H2,(H,14,17). The van der Waals surface area contributed by atoms with Crippen LogP contribution in [0.5, 0.6) is 0 Å². The van der Waals surface area contributed by atoms with Crippen LogP contribution >= 0.6 is 12.6 Å². The average Bonchev–Trinajstić information content (AvgIpc) is 2.59. The largest absolute Gasteiger partial charge is 0.325 e. The van der Waals surface area contributed by atoms with Crippen molar-refractivity contribution in [2.24, 2.45) is 0 Å². The van der Waals surface area contributed by atoms with Gasteiger partial charge in [0.25, 0.3) is 5.91 Å². The van der Waals surface area contributed by atoms with E-state index < -0.39 is 5.54 Å². The maximum atomic E-state index is 12.4. The summed E-state index contributed by atoms with van der Waals surface area (Å²) in [7, 11) is 0. The molecule has 3 amide bonds. The van der Waals surface area contributed by atoms with Gasteiger partial charge in [-0.2, -0.15) is 12.6 Å². The van der Waals surface area contributed by atoms with Gasteiger partial charge >= 0.3 is 6.03 Å². The van der Waals surface area contributed by atoms with Gasteiger partial charge < -0.3 is 5.32 Å². The van der Waals surface area contributed by atoms with E-state index in [9.17, 15) is 9.59 Å². The van der Waals surface area contributed by atoms with E-state index in [1.54, 1.807) is 0 Å². The molecular weight excluding hydrogens is 248 g/mol. The van der Waals surface area contributed by atoms with Crippen LogP contribution in [0.1, 0.15) is 51.4 Å². The third-order valence-electron chi connectivity index (χ3n) is 3.99. The number of urea groups is 1. The van der Waals surface area contributed by atoms with E-state index in [1.165, 1.54) is 11.3 Å². The Hall–Kier alpha value is -0.710. The Bertz CT molecular complexity index is 327. The second kappa shape index (κ2) is 5.95. The second-order valence-electron chi connectivity index (χ2n) is 5.31. The highest BCUT2D eigenvalue weighted by molar-refractivity contribution is 7.80. The van der Waals surface area contributed by atoms with Gasteiger partial charge in [-0.15, -0.1) is 0 Å². The third-order valence-corrected chi connectivity index (χ3v) is 4.31. The summed E-state index contributed by atoms with van der Waals surface area (Å²) in [6.45, 7) is 0.556. The van der Waals surface area contributed by atoms with E-state index in [4.69, 9.17) is 0 Å². The summed E-state index contributed by atoms with van der Waals surface area (Å²) in [5.74, 6) is 0.877. The number of rotatable bonds is 5. The first-order chi connectivity index (χ1) is 8.69. The van der Waals surface area contributed by atoms with Crippen LogP contribution in [0.2, 0.25) is 0 Å². The number of carbonyl (C=O) groups excluding carboxylic acids is 2. The highest BCUT2D eigenvalue weighted by Gasteiger charge is 2.50.